The van der Waals surface area contributed by atoms with Crippen molar-refractivity contribution in [2.45, 2.75) is 119 Å². The molecule has 0 aliphatic carbocycles. The zero-order chi connectivity index (χ0) is 42.3. The number of imide groups is 1. The molecule has 1 aliphatic heterocycles. The second-order valence-corrected chi connectivity index (χ2v) is 17.1. The van der Waals surface area contributed by atoms with Gasteiger partial charge in [-0.1, -0.05) is 96.0 Å². The van der Waals surface area contributed by atoms with Crippen molar-refractivity contribution in [3.8, 4) is 0 Å². The molecule has 2 aromatic rings. The first kappa shape index (κ1) is 46.9. The van der Waals surface area contributed by atoms with Gasteiger partial charge in [-0.25, -0.2) is 24.3 Å². The predicted molar refractivity (Wildman–Crippen MR) is 224 cm³/mol. The Morgan fingerprint density at radius 3 is 2.35 bits per heavy atom. The lowest BCUT2D eigenvalue weighted by Crippen LogP contribution is -2.59. The third-order valence-electron chi connectivity index (χ3n) is 10.3. The van der Waals surface area contributed by atoms with Crippen LogP contribution in [0, 0.1) is 24.2 Å². The standard InChI is InChI=1S/C44H69N7O6/c1-11-33(5)39(50-26-25-48(42(50)55)28-36-22-16-19-34(6)45-36)40(53)46-37(27-35-20-13-12-14-21-35)38(52)29-49(24-23-32(4)18-15-17-31(2)3)47-41(54)51(43(56)57-10)30-44(7,8)9/h12-14,16-17,19-22,32-33,37-39,52H,11,15,18,23-30H2,1-10H3,(H,46,53)(H,47,54). The van der Waals surface area contributed by atoms with Crippen LogP contribution in [0.1, 0.15) is 98.0 Å². The summed E-state index contributed by atoms with van der Waals surface area (Å²) in [5, 5.41) is 16.8. The number of nitrogens with one attached hydrogen (secondary N) is 2. The summed E-state index contributed by atoms with van der Waals surface area (Å²) in [6, 6.07) is 12.9. The van der Waals surface area contributed by atoms with Crippen molar-refractivity contribution in [1.82, 2.24) is 35.4 Å². The van der Waals surface area contributed by atoms with Crippen LogP contribution in [-0.4, -0.2) is 112 Å². The average Bonchev–Trinajstić information content (AvgIpc) is 3.50. The lowest BCUT2D eigenvalue weighted by molar-refractivity contribution is -0.128. The van der Waals surface area contributed by atoms with E-state index in [4.69, 9.17) is 4.74 Å². The number of aliphatic hydroxyl groups is 1. The van der Waals surface area contributed by atoms with Gasteiger partial charge in [0.2, 0.25) is 5.91 Å². The third kappa shape index (κ3) is 15.4. The SMILES string of the molecule is CCC(C)C(C(=O)NC(Cc1ccccc1)C(O)CN(CCC(C)CCC=C(C)C)NC(=O)N(CC(C)(C)C)C(=O)OC)N1CCN(Cc2cccc(C)n2)C1=O. The van der Waals surface area contributed by atoms with Crippen LogP contribution in [0.15, 0.2) is 60.2 Å². The van der Waals surface area contributed by atoms with Gasteiger partial charge in [-0.3, -0.25) is 15.2 Å². The van der Waals surface area contributed by atoms with Gasteiger partial charge < -0.3 is 25.0 Å². The molecule has 13 heteroatoms. The van der Waals surface area contributed by atoms with E-state index in [9.17, 15) is 24.3 Å². The van der Waals surface area contributed by atoms with Crippen molar-refractivity contribution >= 4 is 24.1 Å². The Morgan fingerprint density at radius 1 is 1.04 bits per heavy atom. The van der Waals surface area contributed by atoms with Crippen molar-refractivity contribution in [1.29, 1.82) is 0 Å². The molecule has 1 aromatic carbocycles. The lowest BCUT2D eigenvalue weighted by atomic mass is 9.95. The monoisotopic (exact) mass is 792 g/mol. The minimum Gasteiger partial charge on any atom is -0.452 e. The predicted octanol–water partition coefficient (Wildman–Crippen LogP) is 6.94. The van der Waals surface area contributed by atoms with Crippen LogP contribution < -0.4 is 10.7 Å². The van der Waals surface area contributed by atoms with Crippen LogP contribution in [0.25, 0.3) is 0 Å². The highest BCUT2D eigenvalue weighted by Crippen LogP contribution is 2.23. The van der Waals surface area contributed by atoms with Crippen LogP contribution in [-0.2, 0) is 22.5 Å². The maximum absolute atomic E-state index is 14.5. The van der Waals surface area contributed by atoms with Crippen molar-refractivity contribution in [2.24, 2.45) is 17.3 Å². The smallest absolute Gasteiger partial charge is 0.417 e. The Kier molecular flexibility index (Phi) is 18.5. The highest BCUT2D eigenvalue weighted by atomic mass is 16.5. The largest absolute Gasteiger partial charge is 0.452 e. The molecule has 5 unspecified atom stereocenters. The summed E-state index contributed by atoms with van der Waals surface area (Å²) in [6.07, 6.45) is 3.82. The molecule has 316 valence electrons. The second-order valence-electron chi connectivity index (χ2n) is 17.1. The van der Waals surface area contributed by atoms with Gasteiger partial charge in [-0.15, -0.1) is 0 Å². The van der Waals surface area contributed by atoms with E-state index in [1.807, 2.05) is 90.1 Å². The fourth-order valence-electron chi connectivity index (χ4n) is 6.96. The minimum absolute atomic E-state index is 0.0390. The quantitative estimate of drug-likeness (QED) is 0.0966. The summed E-state index contributed by atoms with van der Waals surface area (Å²) in [7, 11) is 1.24. The summed E-state index contributed by atoms with van der Waals surface area (Å²) in [5.74, 6) is -0.214. The van der Waals surface area contributed by atoms with Gasteiger partial charge >= 0.3 is 18.2 Å². The zero-order valence-corrected chi connectivity index (χ0v) is 36.1. The topological polar surface area (TPSA) is 148 Å². The number of nitrogens with zero attached hydrogens (tertiary/aromatic N) is 5. The molecule has 0 radical (unpaired) electrons. The number of aryl methyl sites for hydroxylation is 1. The third-order valence-corrected chi connectivity index (χ3v) is 10.3. The van der Waals surface area contributed by atoms with E-state index in [-0.39, 0.29) is 30.9 Å². The summed E-state index contributed by atoms with van der Waals surface area (Å²) in [6.45, 7) is 19.6. The molecule has 2 heterocycles. The maximum atomic E-state index is 14.5. The number of rotatable bonds is 20. The fraction of sp³-hybridized carbons (Fsp3) is 0.614. The Labute approximate surface area is 341 Å². The number of ether oxygens (including phenoxy) is 1. The van der Waals surface area contributed by atoms with Crippen LogP contribution in [0.3, 0.4) is 0 Å². The number of pyridine rings is 1. The van der Waals surface area contributed by atoms with Gasteiger partial charge in [-0.2, -0.15) is 0 Å². The number of carbonyl (C=O) groups is 4. The normalized spacial score (nSPS) is 15.8. The van der Waals surface area contributed by atoms with Crippen molar-refractivity contribution in [2.75, 3.05) is 39.8 Å². The summed E-state index contributed by atoms with van der Waals surface area (Å²) >= 11 is 0. The molecule has 1 aromatic heterocycles. The molecular weight excluding hydrogens is 723 g/mol. The van der Waals surface area contributed by atoms with E-state index in [1.54, 1.807) is 14.8 Å². The van der Waals surface area contributed by atoms with Crippen molar-refractivity contribution < 1.29 is 29.0 Å². The lowest BCUT2D eigenvalue weighted by Gasteiger charge is -2.35. The van der Waals surface area contributed by atoms with E-state index in [0.29, 0.717) is 51.4 Å². The summed E-state index contributed by atoms with van der Waals surface area (Å²) in [4.78, 5) is 63.8. The van der Waals surface area contributed by atoms with Gasteiger partial charge in [0.05, 0.1) is 31.5 Å². The number of aliphatic hydroxyl groups excluding tert-OH is 1. The average molecular weight is 792 g/mol. The molecule has 1 fully saturated rings. The van der Waals surface area contributed by atoms with Gasteiger partial charge in [0.1, 0.15) is 6.04 Å². The Hall–Kier alpha value is -4.49. The maximum Gasteiger partial charge on any atom is 0.417 e. The first-order valence-electron chi connectivity index (χ1n) is 20.5. The number of hydrogen-bond acceptors (Lipinski definition) is 8. The van der Waals surface area contributed by atoms with Crippen LogP contribution in [0.4, 0.5) is 14.4 Å². The number of aromatic nitrogens is 1. The molecule has 13 nitrogen and oxygen atoms in total. The molecule has 1 aliphatic rings. The van der Waals surface area contributed by atoms with Crippen LogP contribution in [0.2, 0.25) is 0 Å². The van der Waals surface area contributed by atoms with E-state index in [1.165, 1.54) is 12.7 Å². The van der Waals surface area contributed by atoms with Crippen LogP contribution in [0.5, 0.6) is 0 Å². The number of amides is 6. The zero-order valence-electron chi connectivity index (χ0n) is 36.1. The summed E-state index contributed by atoms with van der Waals surface area (Å²) in [5.41, 5.74) is 6.30. The molecule has 0 saturated carbocycles. The number of carbonyl (C=O) groups excluding carboxylic acids is 4. The van der Waals surface area contributed by atoms with Crippen molar-refractivity contribution in [3.63, 3.8) is 0 Å². The molecule has 3 rings (SSSR count). The van der Waals surface area contributed by atoms with E-state index in [2.05, 4.69) is 42.6 Å². The molecule has 0 bridgehead atoms. The molecule has 3 N–H and O–H groups in total. The molecule has 1 saturated heterocycles. The Bertz CT molecular complexity index is 1630. The first-order chi connectivity index (χ1) is 26.9. The molecular formula is C44H69N7O6. The van der Waals surface area contributed by atoms with Gasteiger partial charge in [-0.05, 0) is 81.4 Å². The number of hydrazine groups is 1. The highest BCUT2D eigenvalue weighted by Gasteiger charge is 2.41. The van der Waals surface area contributed by atoms with Gasteiger partial charge in [0.15, 0.2) is 0 Å². The molecule has 57 heavy (non-hydrogen) atoms. The minimum atomic E-state index is -1.15. The Morgan fingerprint density at radius 2 is 1.74 bits per heavy atom. The highest BCUT2D eigenvalue weighted by molar-refractivity contribution is 5.90. The second kappa shape index (κ2) is 22.4. The van der Waals surface area contributed by atoms with Gasteiger partial charge in [0, 0.05) is 38.4 Å². The van der Waals surface area contributed by atoms with Crippen molar-refractivity contribution in [3.05, 3.63) is 77.1 Å². The number of methoxy groups -OCH3 is 1. The number of urea groups is 2. The van der Waals surface area contributed by atoms with E-state index in [0.717, 1.165) is 34.7 Å². The molecule has 6 amide bonds. The number of hydrogen-bond donors (Lipinski definition) is 3. The fourth-order valence-corrected chi connectivity index (χ4v) is 6.96. The van der Waals surface area contributed by atoms with E-state index >= 15 is 0 Å². The number of benzene rings is 1. The Balaban J connectivity index is 1.89. The van der Waals surface area contributed by atoms with E-state index < -0.39 is 35.7 Å². The molecule has 0 spiro atoms. The first-order valence-corrected chi connectivity index (χ1v) is 20.5. The number of allylic oxidation sites excluding steroid dienone is 2. The molecule has 5 atom stereocenters. The summed E-state index contributed by atoms with van der Waals surface area (Å²) < 4.78 is 4.96. The van der Waals surface area contributed by atoms with Gasteiger partial charge in [0.25, 0.3) is 0 Å². The van der Waals surface area contributed by atoms with Crippen LogP contribution >= 0.6 is 0 Å².